The van der Waals surface area contributed by atoms with Crippen molar-refractivity contribution in [3.8, 4) is 5.75 Å². The van der Waals surface area contributed by atoms with Crippen molar-refractivity contribution < 1.29 is 19.4 Å². The van der Waals surface area contributed by atoms with Gasteiger partial charge in [-0.3, -0.25) is 9.69 Å². The van der Waals surface area contributed by atoms with E-state index in [4.69, 9.17) is 16.3 Å². The number of rotatable bonds is 7. The highest BCUT2D eigenvalue weighted by Gasteiger charge is 2.32. The van der Waals surface area contributed by atoms with E-state index in [1.807, 2.05) is 43.3 Å². The van der Waals surface area contributed by atoms with Crippen molar-refractivity contribution in [1.29, 1.82) is 0 Å². The van der Waals surface area contributed by atoms with Gasteiger partial charge in [0.05, 0.1) is 25.1 Å². The normalized spacial score (nSPS) is 15.7. The summed E-state index contributed by atoms with van der Waals surface area (Å²) in [5.41, 5.74) is 2.27. The minimum Gasteiger partial charge on any atom is -0.486 e. The number of nitrogens with zero attached hydrogens (tertiary/aromatic N) is 2. The predicted molar refractivity (Wildman–Crippen MR) is 151 cm³/mol. The van der Waals surface area contributed by atoms with Gasteiger partial charge in [0, 0.05) is 17.1 Å². The van der Waals surface area contributed by atoms with E-state index < -0.39 is 5.97 Å². The second kappa shape index (κ2) is 11.6. The Labute approximate surface area is 234 Å². The van der Waals surface area contributed by atoms with Crippen LogP contribution in [0.15, 0.2) is 79.5 Å². The molecule has 0 unspecified atom stereocenters. The molecule has 0 aliphatic carbocycles. The minimum absolute atomic E-state index is 0.136. The lowest BCUT2D eigenvalue weighted by atomic mass is 10.2. The summed E-state index contributed by atoms with van der Waals surface area (Å²) in [7, 11) is 0. The standard InChI is InChI=1S/C26H19Br2ClN2O4S/c1-2-31-24(32)22(36-26(31)30-18-8-5-7-16(13-18)25(33)34)12-15-10-19(27)23(20(28)11-15)35-14-17-6-3-4-9-21(17)29/h3-13H,2,14H2,1H3,(H,33,34). The van der Waals surface area contributed by atoms with Crippen molar-refractivity contribution in [3.05, 3.63) is 96.2 Å². The molecule has 3 aromatic rings. The van der Waals surface area contributed by atoms with Crippen molar-refractivity contribution >= 4 is 84.0 Å². The van der Waals surface area contributed by atoms with Crippen LogP contribution >= 0.6 is 55.2 Å². The Kier molecular flexibility index (Phi) is 8.56. The van der Waals surface area contributed by atoms with Gasteiger partial charge in [0.2, 0.25) is 0 Å². The molecule has 1 aliphatic heterocycles. The number of carbonyl (C=O) groups is 2. The maximum atomic E-state index is 13.0. The molecule has 1 aliphatic rings. The molecule has 36 heavy (non-hydrogen) atoms. The molecule has 184 valence electrons. The van der Waals surface area contributed by atoms with Crippen molar-refractivity contribution in [2.45, 2.75) is 13.5 Å². The quantitative estimate of drug-likeness (QED) is 0.265. The SMILES string of the molecule is CCN1C(=O)C(=Cc2cc(Br)c(OCc3ccccc3Cl)c(Br)c2)SC1=Nc1cccc(C(=O)O)c1. The molecule has 1 heterocycles. The Morgan fingerprint density at radius 3 is 2.53 bits per heavy atom. The first kappa shape index (κ1) is 26.5. The Hall–Kier alpha value is -2.59. The van der Waals surface area contributed by atoms with Gasteiger partial charge in [-0.05, 0) is 98.6 Å². The molecule has 0 radical (unpaired) electrons. The number of benzene rings is 3. The number of thioether (sulfide) groups is 1. The number of ether oxygens (including phenoxy) is 1. The number of carbonyl (C=O) groups excluding carboxylic acids is 1. The first-order valence-electron chi connectivity index (χ1n) is 10.8. The summed E-state index contributed by atoms with van der Waals surface area (Å²) in [6.45, 7) is 2.60. The van der Waals surface area contributed by atoms with Crippen molar-refractivity contribution in [3.63, 3.8) is 0 Å². The first-order chi connectivity index (χ1) is 17.3. The van der Waals surface area contributed by atoms with Crippen LogP contribution in [0.2, 0.25) is 5.02 Å². The average Bonchev–Trinajstić information content (AvgIpc) is 3.13. The Morgan fingerprint density at radius 2 is 1.86 bits per heavy atom. The van der Waals surface area contributed by atoms with Crippen LogP contribution in [0.4, 0.5) is 5.69 Å². The van der Waals surface area contributed by atoms with Crippen LogP contribution in [0.25, 0.3) is 6.08 Å². The van der Waals surface area contributed by atoms with Crippen LogP contribution in [0.5, 0.6) is 5.75 Å². The summed E-state index contributed by atoms with van der Waals surface area (Å²) in [4.78, 5) is 30.9. The molecule has 0 atom stereocenters. The fourth-order valence-corrected chi connectivity index (χ4v) is 6.11. The van der Waals surface area contributed by atoms with E-state index in [1.165, 1.54) is 23.9 Å². The zero-order valence-electron chi connectivity index (χ0n) is 18.9. The molecule has 1 saturated heterocycles. The summed E-state index contributed by atoms with van der Waals surface area (Å²) in [5.74, 6) is -0.573. The van der Waals surface area contributed by atoms with Crippen LogP contribution in [0, 0.1) is 0 Å². The molecule has 6 nitrogen and oxygen atoms in total. The Balaban J connectivity index is 1.58. The Morgan fingerprint density at radius 1 is 1.14 bits per heavy atom. The largest absolute Gasteiger partial charge is 0.486 e. The molecule has 0 spiro atoms. The molecule has 10 heteroatoms. The first-order valence-corrected chi connectivity index (χ1v) is 13.5. The van der Waals surface area contributed by atoms with E-state index in [2.05, 4.69) is 36.9 Å². The van der Waals surface area contributed by atoms with E-state index in [0.717, 1.165) is 20.1 Å². The van der Waals surface area contributed by atoms with Crippen LogP contribution in [-0.4, -0.2) is 33.6 Å². The molecule has 3 aromatic carbocycles. The van der Waals surface area contributed by atoms with Gasteiger partial charge in [0.1, 0.15) is 12.4 Å². The van der Waals surface area contributed by atoms with Crippen molar-refractivity contribution in [2.75, 3.05) is 6.54 Å². The van der Waals surface area contributed by atoms with E-state index in [0.29, 0.717) is 39.7 Å². The molecule has 1 fully saturated rings. The third kappa shape index (κ3) is 6.03. The summed E-state index contributed by atoms with van der Waals surface area (Å²) >= 11 is 14.6. The fourth-order valence-electron chi connectivity index (χ4n) is 3.41. The molecular weight excluding hydrogens is 632 g/mol. The number of hydrogen-bond acceptors (Lipinski definition) is 5. The van der Waals surface area contributed by atoms with Gasteiger partial charge in [0.15, 0.2) is 5.17 Å². The summed E-state index contributed by atoms with van der Waals surface area (Å²) in [6, 6.07) is 17.5. The highest BCUT2D eigenvalue weighted by molar-refractivity contribution is 9.11. The lowest BCUT2D eigenvalue weighted by molar-refractivity contribution is -0.122. The smallest absolute Gasteiger partial charge is 0.335 e. The molecule has 0 saturated carbocycles. The predicted octanol–water partition coefficient (Wildman–Crippen LogP) is 7.77. The zero-order valence-corrected chi connectivity index (χ0v) is 23.6. The number of aliphatic imine (C=N–C) groups is 1. The van der Waals surface area contributed by atoms with Crippen LogP contribution in [0.3, 0.4) is 0 Å². The van der Waals surface area contributed by atoms with Gasteiger partial charge in [-0.1, -0.05) is 35.9 Å². The third-order valence-corrected chi connectivity index (χ3v) is 7.72. The van der Waals surface area contributed by atoms with Gasteiger partial charge < -0.3 is 9.84 Å². The molecule has 4 rings (SSSR count). The number of carboxylic acids is 1. The number of halogens is 3. The Bertz CT molecular complexity index is 1390. The second-order valence-electron chi connectivity index (χ2n) is 7.60. The van der Waals surface area contributed by atoms with E-state index in [9.17, 15) is 14.7 Å². The molecule has 1 N–H and O–H groups in total. The van der Waals surface area contributed by atoms with Gasteiger partial charge in [-0.25, -0.2) is 9.79 Å². The van der Waals surface area contributed by atoms with Gasteiger partial charge in [-0.15, -0.1) is 0 Å². The summed E-state index contributed by atoms with van der Waals surface area (Å²) < 4.78 is 7.43. The summed E-state index contributed by atoms with van der Waals surface area (Å²) in [6.07, 6.45) is 1.79. The maximum Gasteiger partial charge on any atom is 0.335 e. The van der Waals surface area contributed by atoms with E-state index >= 15 is 0 Å². The number of hydrogen-bond donors (Lipinski definition) is 1. The van der Waals surface area contributed by atoms with E-state index in [1.54, 1.807) is 23.1 Å². The lowest BCUT2D eigenvalue weighted by Crippen LogP contribution is -2.28. The van der Waals surface area contributed by atoms with Crippen LogP contribution in [-0.2, 0) is 11.4 Å². The number of amidine groups is 1. The zero-order chi connectivity index (χ0) is 25.8. The molecule has 0 bridgehead atoms. The number of amides is 1. The minimum atomic E-state index is -1.03. The van der Waals surface area contributed by atoms with Crippen molar-refractivity contribution in [2.24, 2.45) is 4.99 Å². The molecule has 0 aromatic heterocycles. The highest BCUT2D eigenvalue weighted by Crippen LogP contribution is 2.39. The van der Waals surface area contributed by atoms with Gasteiger partial charge >= 0.3 is 5.97 Å². The summed E-state index contributed by atoms with van der Waals surface area (Å²) in [5, 5.41) is 10.4. The average molecular weight is 651 g/mol. The number of aromatic carboxylic acids is 1. The fraction of sp³-hybridized carbons (Fsp3) is 0.115. The molecular formula is C26H19Br2ClN2O4S. The van der Waals surface area contributed by atoms with Crippen molar-refractivity contribution in [1.82, 2.24) is 4.90 Å². The lowest BCUT2D eigenvalue weighted by Gasteiger charge is -2.13. The van der Waals surface area contributed by atoms with Gasteiger partial charge in [-0.2, -0.15) is 0 Å². The number of likely N-dealkylation sites (N-methyl/N-ethyl adjacent to an activating group) is 1. The number of carboxylic acid groups (broad SMARTS) is 1. The second-order valence-corrected chi connectivity index (χ2v) is 10.7. The van der Waals surface area contributed by atoms with Crippen LogP contribution in [0.1, 0.15) is 28.4 Å². The van der Waals surface area contributed by atoms with Crippen LogP contribution < -0.4 is 4.74 Å². The van der Waals surface area contributed by atoms with Gasteiger partial charge in [0.25, 0.3) is 5.91 Å². The third-order valence-electron chi connectivity index (χ3n) is 5.17. The monoisotopic (exact) mass is 648 g/mol. The molecule has 1 amide bonds. The highest BCUT2D eigenvalue weighted by atomic mass is 79.9. The van der Waals surface area contributed by atoms with E-state index in [-0.39, 0.29) is 11.5 Å². The topological polar surface area (TPSA) is 79.2 Å². The maximum absolute atomic E-state index is 13.0.